The Balaban J connectivity index is 1.54. The molecule has 8 nitrogen and oxygen atoms in total. The quantitative estimate of drug-likeness (QED) is 0.723. The van der Waals surface area contributed by atoms with Gasteiger partial charge in [-0.3, -0.25) is 9.59 Å². The number of amides is 2. The first-order valence-corrected chi connectivity index (χ1v) is 10.0. The predicted octanol–water partition coefficient (Wildman–Crippen LogP) is 1.36. The number of tetrazole rings is 1. The number of alkyl halides is 1. The number of rotatable bonds is 6. The van der Waals surface area contributed by atoms with Crippen LogP contribution in [-0.4, -0.2) is 50.5 Å². The molecule has 1 aromatic rings. The first-order valence-electron chi connectivity index (χ1n) is 9.51. The van der Waals surface area contributed by atoms with Gasteiger partial charge in [-0.05, 0) is 54.9 Å². The van der Waals surface area contributed by atoms with Crippen LogP contribution in [0.5, 0.6) is 0 Å². The molecule has 1 heterocycles. The van der Waals surface area contributed by atoms with Crippen molar-refractivity contribution in [3.63, 3.8) is 0 Å². The number of nitrogens with one attached hydrogen (secondary N) is 2. The van der Waals surface area contributed by atoms with Gasteiger partial charge in [-0.15, -0.1) is 16.7 Å². The van der Waals surface area contributed by atoms with E-state index in [2.05, 4.69) is 26.2 Å². The predicted molar refractivity (Wildman–Crippen MR) is 96.5 cm³/mol. The highest BCUT2D eigenvalue weighted by molar-refractivity contribution is 6.27. The van der Waals surface area contributed by atoms with E-state index in [9.17, 15) is 9.59 Å². The van der Waals surface area contributed by atoms with Crippen molar-refractivity contribution in [2.45, 2.75) is 69.4 Å². The van der Waals surface area contributed by atoms with E-state index in [1.165, 1.54) is 0 Å². The lowest BCUT2D eigenvalue weighted by Crippen LogP contribution is -2.53. The molecule has 2 aliphatic rings. The summed E-state index contributed by atoms with van der Waals surface area (Å²) in [5.41, 5.74) is -0.646. The molecule has 9 heteroatoms. The van der Waals surface area contributed by atoms with Crippen LogP contribution in [0.15, 0.2) is 6.33 Å². The number of carbonyl (C=O) groups is 2. The Bertz CT molecular complexity index is 594. The van der Waals surface area contributed by atoms with Crippen LogP contribution >= 0.6 is 11.6 Å². The van der Waals surface area contributed by atoms with Gasteiger partial charge in [0.2, 0.25) is 11.8 Å². The van der Waals surface area contributed by atoms with Crippen LogP contribution in [0.1, 0.15) is 57.8 Å². The number of hydrogen-bond acceptors (Lipinski definition) is 5. The molecule has 0 aromatic carbocycles. The number of halogens is 1. The molecule has 0 saturated heterocycles. The molecule has 0 radical (unpaired) electrons. The fourth-order valence-corrected chi connectivity index (χ4v) is 4.28. The van der Waals surface area contributed by atoms with Crippen LogP contribution in [0.2, 0.25) is 0 Å². The summed E-state index contributed by atoms with van der Waals surface area (Å²) in [6.07, 6.45) is 10.1. The van der Waals surface area contributed by atoms with E-state index in [0.29, 0.717) is 12.5 Å². The molecule has 144 valence electrons. The summed E-state index contributed by atoms with van der Waals surface area (Å²) in [5.74, 6) is 0.384. The summed E-state index contributed by atoms with van der Waals surface area (Å²) >= 11 is 5.50. The lowest BCUT2D eigenvalue weighted by molar-refractivity contribution is -0.133. The lowest BCUT2D eigenvalue weighted by atomic mass is 9.80. The zero-order valence-corrected chi connectivity index (χ0v) is 15.7. The Morgan fingerprint density at radius 2 is 1.88 bits per heavy atom. The van der Waals surface area contributed by atoms with Crippen LogP contribution in [0.4, 0.5) is 0 Å². The van der Waals surface area contributed by atoms with E-state index in [-0.39, 0.29) is 23.7 Å². The maximum absolute atomic E-state index is 13.1. The molecule has 3 rings (SSSR count). The highest BCUT2D eigenvalue weighted by Gasteiger charge is 2.43. The molecule has 2 amide bonds. The van der Waals surface area contributed by atoms with E-state index < -0.39 is 5.54 Å². The fraction of sp³-hybridized carbons (Fsp3) is 0.824. The Hall–Kier alpha value is -1.70. The monoisotopic (exact) mass is 382 g/mol. The molecular formula is C17H27ClN6O2. The van der Waals surface area contributed by atoms with Gasteiger partial charge in [-0.25, -0.2) is 4.68 Å². The van der Waals surface area contributed by atoms with Crippen LogP contribution in [0, 0.1) is 5.92 Å². The number of aromatic nitrogens is 4. The molecule has 0 atom stereocenters. The summed E-state index contributed by atoms with van der Waals surface area (Å²) in [5, 5.41) is 17.6. The molecule has 0 spiro atoms. The molecule has 0 unspecified atom stereocenters. The van der Waals surface area contributed by atoms with E-state index in [0.717, 1.165) is 57.8 Å². The van der Waals surface area contributed by atoms with Crippen LogP contribution in [0.3, 0.4) is 0 Å². The van der Waals surface area contributed by atoms with Gasteiger partial charge in [0.05, 0.1) is 0 Å². The minimum atomic E-state index is -0.646. The van der Waals surface area contributed by atoms with Crippen molar-refractivity contribution in [2.75, 3.05) is 12.4 Å². The zero-order valence-electron chi connectivity index (χ0n) is 15.0. The van der Waals surface area contributed by atoms with Crippen LogP contribution < -0.4 is 10.6 Å². The van der Waals surface area contributed by atoms with E-state index in [1.807, 2.05) is 0 Å². The molecular weight excluding hydrogens is 356 g/mol. The minimum absolute atomic E-state index is 0.00459. The van der Waals surface area contributed by atoms with E-state index in [4.69, 9.17) is 11.6 Å². The summed E-state index contributed by atoms with van der Waals surface area (Å²) in [7, 11) is 0. The highest BCUT2D eigenvalue weighted by Crippen LogP contribution is 2.35. The number of carbonyl (C=O) groups excluding carboxylic acids is 2. The second-order valence-electron chi connectivity index (χ2n) is 7.48. The summed E-state index contributed by atoms with van der Waals surface area (Å²) in [6, 6.07) is 0.178. The fourth-order valence-electron chi connectivity index (χ4n) is 4.19. The third-order valence-corrected chi connectivity index (χ3v) is 6.02. The van der Waals surface area contributed by atoms with Gasteiger partial charge in [0.1, 0.15) is 17.7 Å². The normalized spacial score (nSPS) is 25.4. The van der Waals surface area contributed by atoms with Gasteiger partial charge in [0.15, 0.2) is 0 Å². The second-order valence-corrected chi connectivity index (χ2v) is 7.74. The average molecular weight is 383 g/mol. The van der Waals surface area contributed by atoms with Gasteiger partial charge in [0.25, 0.3) is 0 Å². The molecule has 2 fully saturated rings. The Morgan fingerprint density at radius 1 is 1.15 bits per heavy atom. The molecule has 1 aromatic heterocycles. The zero-order chi connectivity index (χ0) is 18.4. The van der Waals surface area contributed by atoms with E-state index >= 15 is 0 Å². The number of hydrogen-bond donors (Lipinski definition) is 2. The van der Waals surface area contributed by atoms with Gasteiger partial charge < -0.3 is 10.6 Å². The van der Waals surface area contributed by atoms with Crippen molar-refractivity contribution < 1.29 is 9.59 Å². The van der Waals surface area contributed by atoms with Crippen LogP contribution in [0.25, 0.3) is 0 Å². The topological polar surface area (TPSA) is 102 Å². The first kappa shape index (κ1) is 19.1. The van der Waals surface area contributed by atoms with Crippen molar-refractivity contribution in [3.8, 4) is 0 Å². The molecule has 26 heavy (non-hydrogen) atoms. The Labute approximate surface area is 158 Å². The maximum atomic E-state index is 13.1. The standard InChI is InChI=1S/C17H27ClN6O2/c18-10-15(25)19-11-13-4-6-14(7-5-13)21-16(26)17(8-2-1-3-9-17)24-12-20-22-23-24/h12-14H,1-11H2,(H,19,25)(H,21,26). The van der Waals surface area contributed by atoms with Crippen molar-refractivity contribution in [2.24, 2.45) is 5.92 Å². The second kappa shape index (κ2) is 8.79. The van der Waals surface area contributed by atoms with Crippen LogP contribution in [-0.2, 0) is 15.1 Å². The molecule has 2 aliphatic carbocycles. The average Bonchev–Trinajstić information content (AvgIpc) is 3.23. The van der Waals surface area contributed by atoms with Crippen molar-refractivity contribution in [1.82, 2.24) is 30.8 Å². The van der Waals surface area contributed by atoms with E-state index in [1.54, 1.807) is 11.0 Å². The van der Waals surface area contributed by atoms with Gasteiger partial charge in [-0.1, -0.05) is 19.3 Å². The number of nitrogens with zero attached hydrogens (tertiary/aromatic N) is 4. The SMILES string of the molecule is O=C(CCl)NCC1CCC(NC(=O)C2(n3cnnn3)CCCCC2)CC1. The molecule has 0 bridgehead atoms. The first-order chi connectivity index (χ1) is 12.6. The summed E-state index contributed by atoms with van der Waals surface area (Å²) < 4.78 is 1.65. The smallest absolute Gasteiger partial charge is 0.248 e. The molecule has 0 aliphatic heterocycles. The molecule has 2 saturated carbocycles. The lowest BCUT2D eigenvalue weighted by Gasteiger charge is -2.37. The maximum Gasteiger partial charge on any atom is 0.248 e. The summed E-state index contributed by atoms with van der Waals surface area (Å²) in [4.78, 5) is 24.4. The highest BCUT2D eigenvalue weighted by atomic mass is 35.5. The van der Waals surface area contributed by atoms with Crippen molar-refractivity contribution in [1.29, 1.82) is 0 Å². The van der Waals surface area contributed by atoms with Crippen molar-refractivity contribution >= 4 is 23.4 Å². The van der Waals surface area contributed by atoms with Gasteiger partial charge in [-0.2, -0.15) is 0 Å². The van der Waals surface area contributed by atoms with Gasteiger partial charge >= 0.3 is 0 Å². The third kappa shape index (κ3) is 4.34. The Kier molecular flexibility index (Phi) is 6.45. The third-order valence-electron chi connectivity index (χ3n) is 5.78. The molecule has 2 N–H and O–H groups in total. The minimum Gasteiger partial charge on any atom is -0.355 e. The summed E-state index contributed by atoms with van der Waals surface area (Å²) in [6.45, 7) is 0.667. The van der Waals surface area contributed by atoms with Crippen molar-refractivity contribution in [3.05, 3.63) is 6.33 Å². The largest absolute Gasteiger partial charge is 0.355 e. The van der Waals surface area contributed by atoms with Gasteiger partial charge in [0, 0.05) is 12.6 Å². The Morgan fingerprint density at radius 3 is 2.50 bits per heavy atom.